The Labute approximate surface area is 124 Å². The molecule has 1 N–H and O–H groups in total. The number of rotatable bonds is 2. The molecule has 1 aliphatic rings. The first-order valence-corrected chi connectivity index (χ1v) is 7.57. The third-order valence-corrected chi connectivity index (χ3v) is 4.32. The number of fused-ring (bicyclic) bond motifs is 2. The molecule has 3 nitrogen and oxygen atoms in total. The molecule has 0 saturated heterocycles. The summed E-state index contributed by atoms with van der Waals surface area (Å²) in [5, 5.41) is 9.45. The van der Waals surface area contributed by atoms with Gasteiger partial charge in [0.1, 0.15) is 0 Å². The van der Waals surface area contributed by atoms with Gasteiger partial charge in [0.25, 0.3) is 0 Å². The van der Waals surface area contributed by atoms with Crippen LogP contribution in [0.15, 0.2) is 42.5 Å². The molecule has 2 aromatic carbocycles. The number of benzene rings is 2. The number of para-hydroxylation sites is 1. The minimum atomic E-state index is 0.885. The van der Waals surface area contributed by atoms with Crippen LogP contribution in [0.4, 0.5) is 5.69 Å². The Morgan fingerprint density at radius 1 is 1.19 bits per heavy atom. The summed E-state index contributed by atoms with van der Waals surface area (Å²) < 4.78 is 1.97. The lowest BCUT2D eigenvalue weighted by molar-refractivity contribution is 0.773. The van der Waals surface area contributed by atoms with E-state index in [-0.39, 0.29) is 0 Å². The normalized spacial score (nSPS) is 14.0. The maximum Gasteiger partial charge on any atom is 0.0747 e. The number of aromatic nitrogens is 2. The van der Waals surface area contributed by atoms with Crippen LogP contribution in [-0.4, -0.2) is 16.3 Å². The van der Waals surface area contributed by atoms with Crippen LogP contribution < -0.4 is 5.32 Å². The van der Waals surface area contributed by atoms with Gasteiger partial charge in [0.2, 0.25) is 0 Å². The molecule has 106 valence electrons. The second-order valence-corrected chi connectivity index (χ2v) is 5.79. The van der Waals surface area contributed by atoms with Crippen LogP contribution in [0.25, 0.3) is 10.9 Å². The van der Waals surface area contributed by atoms with E-state index >= 15 is 0 Å². The van der Waals surface area contributed by atoms with Crippen molar-refractivity contribution in [2.75, 3.05) is 11.9 Å². The van der Waals surface area contributed by atoms with Crippen molar-refractivity contribution in [3.8, 4) is 0 Å². The summed E-state index contributed by atoms with van der Waals surface area (Å²) in [6.07, 6.45) is 3.31. The zero-order valence-electron chi connectivity index (χ0n) is 12.3. The van der Waals surface area contributed by atoms with Crippen molar-refractivity contribution in [2.24, 2.45) is 7.05 Å². The van der Waals surface area contributed by atoms with E-state index in [1.165, 1.54) is 40.6 Å². The van der Waals surface area contributed by atoms with Gasteiger partial charge >= 0.3 is 0 Å². The summed E-state index contributed by atoms with van der Waals surface area (Å²) in [6.45, 7) is 1.09. The van der Waals surface area contributed by atoms with Crippen LogP contribution in [0.2, 0.25) is 0 Å². The van der Waals surface area contributed by atoms with Gasteiger partial charge in [-0.15, -0.1) is 0 Å². The molecular formula is C18H19N3. The van der Waals surface area contributed by atoms with Crippen LogP contribution in [0.5, 0.6) is 0 Å². The molecule has 0 aliphatic carbocycles. The van der Waals surface area contributed by atoms with Gasteiger partial charge in [0.15, 0.2) is 0 Å². The lowest BCUT2D eigenvalue weighted by Crippen LogP contribution is -2.11. The fourth-order valence-corrected chi connectivity index (χ4v) is 3.23. The van der Waals surface area contributed by atoms with Crippen LogP contribution >= 0.6 is 0 Å². The third kappa shape index (κ3) is 2.19. The Hall–Kier alpha value is -2.29. The summed E-state index contributed by atoms with van der Waals surface area (Å²) in [5.41, 5.74) is 6.43. The fourth-order valence-electron chi connectivity index (χ4n) is 3.23. The lowest BCUT2D eigenvalue weighted by Gasteiger charge is -2.18. The zero-order chi connectivity index (χ0) is 14.2. The highest BCUT2D eigenvalue weighted by molar-refractivity contribution is 5.82. The minimum absolute atomic E-state index is 0.885. The number of nitrogens with zero attached hydrogens (tertiary/aromatic N) is 2. The minimum Gasteiger partial charge on any atom is -0.385 e. The molecule has 21 heavy (non-hydrogen) atoms. The second kappa shape index (κ2) is 4.92. The summed E-state index contributed by atoms with van der Waals surface area (Å²) in [7, 11) is 2.01. The predicted octanol–water partition coefficient (Wildman–Crippen LogP) is 3.52. The third-order valence-electron chi connectivity index (χ3n) is 4.32. The molecule has 2 heterocycles. The maximum absolute atomic E-state index is 4.69. The number of hydrogen-bond acceptors (Lipinski definition) is 2. The number of anilines is 1. The summed E-state index contributed by atoms with van der Waals surface area (Å²) in [5.74, 6) is 0. The van der Waals surface area contributed by atoms with Crippen molar-refractivity contribution in [3.63, 3.8) is 0 Å². The number of nitrogens with one attached hydrogen (secondary N) is 1. The molecule has 4 rings (SSSR count). The zero-order valence-corrected chi connectivity index (χ0v) is 12.3. The lowest BCUT2D eigenvalue weighted by atomic mass is 9.99. The van der Waals surface area contributed by atoms with Gasteiger partial charge in [-0.3, -0.25) is 4.68 Å². The highest BCUT2D eigenvalue weighted by Gasteiger charge is 2.12. The summed E-state index contributed by atoms with van der Waals surface area (Å²) >= 11 is 0. The van der Waals surface area contributed by atoms with E-state index in [1.54, 1.807) is 0 Å². The Kier molecular flexibility index (Phi) is 2.92. The molecule has 1 aromatic heterocycles. The van der Waals surface area contributed by atoms with Crippen molar-refractivity contribution in [1.29, 1.82) is 0 Å². The van der Waals surface area contributed by atoms with Gasteiger partial charge < -0.3 is 5.32 Å². The van der Waals surface area contributed by atoms with Crippen molar-refractivity contribution in [1.82, 2.24) is 9.78 Å². The van der Waals surface area contributed by atoms with Gasteiger partial charge in [-0.2, -0.15) is 5.10 Å². The van der Waals surface area contributed by atoms with Crippen LogP contribution in [0.3, 0.4) is 0 Å². The van der Waals surface area contributed by atoms with E-state index in [0.29, 0.717) is 0 Å². The molecule has 0 fully saturated rings. The van der Waals surface area contributed by atoms with E-state index in [2.05, 4.69) is 47.8 Å². The Balaban J connectivity index is 1.71. The van der Waals surface area contributed by atoms with Crippen molar-refractivity contribution in [2.45, 2.75) is 19.3 Å². The van der Waals surface area contributed by atoms with Crippen molar-refractivity contribution >= 4 is 16.6 Å². The van der Waals surface area contributed by atoms with Gasteiger partial charge in [0.05, 0.1) is 11.2 Å². The standard InChI is InChI=1S/C18H19N3/c1-21-18-7-3-2-6-15(18)17(20-21)12-13-8-9-14-5-4-10-19-16(14)11-13/h2-3,6-9,11,19H,4-5,10,12H2,1H3. The first-order valence-electron chi connectivity index (χ1n) is 7.57. The molecular weight excluding hydrogens is 258 g/mol. The van der Waals surface area contributed by atoms with E-state index < -0.39 is 0 Å². The first kappa shape index (κ1) is 12.5. The van der Waals surface area contributed by atoms with Gasteiger partial charge in [-0.05, 0) is 36.1 Å². The predicted molar refractivity (Wildman–Crippen MR) is 86.8 cm³/mol. The molecule has 0 spiro atoms. The van der Waals surface area contributed by atoms with Crippen LogP contribution in [0, 0.1) is 0 Å². The van der Waals surface area contributed by atoms with Crippen molar-refractivity contribution < 1.29 is 0 Å². The van der Waals surface area contributed by atoms with E-state index in [0.717, 1.165) is 18.7 Å². The molecule has 0 amide bonds. The van der Waals surface area contributed by atoms with Crippen LogP contribution in [-0.2, 0) is 19.9 Å². The Morgan fingerprint density at radius 2 is 2.10 bits per heavy atom. The average molecular weight is 277 g/mol. The topological polar surface area (TPSA) is 29.9 Å². The monoisotopic (exact) mass is 277 g/mol. The molecule has 3 aromatic rings. The molecule has 0 radical (unpaired) electrons. The van der Waals surface area contributed by atoms with Crippen molar-refractivity contribution in [3.05, 3.63) is 59.3 Å². The molecule has 0 bridgehead atoms. The molecule has 0 saturated carbocycles. The first-order chi connectivity index (χ1) is 10.3. The highest BCUT2D eigenvalue weighted by atomic mass is 15.3. The summed E-state index contributed by atoms with van der Waals surface area (Å²) in [6, 6.07) is 15.2. The second-order valence-electron chi connectivity index (χ2n) is 5.79. The molecule has 0 unspecified atom stereocenters. The quantitative estimate of drug-likeness (QED) is 0.776. The number of aryl methyl sites for hydroxylation is 2. The van der Waals surface area contributed by atoms with Gasteiger partial charge in [-0.1, -0.05) is 30.3 Å². The average Bonchev–Trinajstić information content (AvgIpc) is 2.84. The largest absolute Gasteiger partial charge is 0.385 e. The summed E-state index contributed by atoms with van der Waals surface area (Å²) in [4.78, 5) is 0. The molecule has 1 aliphatic heterocycles. The van der Waals surface area contributed by atoms with Gasteiger partial charge in [-0.25, -0.2) is 0 Å². The van der Waals surface area contributed by atoms with E-state index in [1.807, 2.05) is 11.7 Å². The van der Waals surface area contributed by atoms with E-state index in [4.69, 9.17) is 5.10 Å². The van der Waals surface area contributed by atoms with Crippen LogP contribution in [0.1, 0.15) is 23.2 Å². The van der Waals surface area contributed by atoms with Gasteiger partial charge in [0, 0.05) is 31.1 Å². The van der Waals surface area contributed by atoms with E-state index in [9.17, 15) is 0 Å². The smallest absolute Gasteiger partial charge is 0.0747 e. The Bertz CT molecular complexity index is 801. The Morgan fingerprint density at radius 3 is 3.05 bits per heavy atom. The SMILES string of the molecule is Cn1nc(Cc2ccc3c(c2)NCCC3)c2ccccc21. The maximum atomic E-state index is 4.69. The molecule has 3 heteroatoms. The highest BCUT2D eigenvalue weighted by Crippen LogP contribution is 2.26. The number of hydrogen-bond donors (Lipinski definition) is 1. The fraction of sp³-hybridized carbons (Fsp3) is 0.278. The molecule has 0 atom stereocenters.